The van der Waals surface area contributed by atoms with Crippen LogP contribution in [0.1, 0.15) is 0 Å². The summed E-state index contributed by atoms with van der Waals surface area (Å²) in [6, 6.07) is 4.17. The average Bonchev–Trinajstić information content (AvgIpc) is 2.41. The number of sulfonamides is 1. The minimum absolute atomic E-state index is 0.0827. The third kappa shape index (κ3) is 3.87. The molecular formula is C12H14Cl2N2O4S. The fraction of sp³-hybridized carbons (Fsp3) is 0.417. The predicted octanol–water partition coefficient (Wildman–Crippen LogP) is 1.38. The summed E-state index contributed by atoms with van der Waals surface area (Å²) in [5.41, 5.74) is 0. The Kier molecular flexibility index (Phi) is 5.11. The molecule has 21 heavy (non-hydrogen) atoms. The van der Waals surface area contributed by atoms with E-state index in [1.54, 1.807) is 4.90 Å². The molecule has 0 aromatic heterocycles. The van der Waals surface area contributed by atoms with Crippen molar-refractivity contribution in [3.63, 3.8) is 0 Å². The molecule has 0 aliphatic carbocycles. The zero-order valence-corrected chi connectivity index (χ0v) is 13.3. The molecule has 1 aliphatic rings. The van der Waals surface area contributed by atoms with Crippen molar-refractivity contribution in [1.29, 1.82) is 0 Å². The fourth-order valence-electron chi connectivity index (χ4n) is 2.11. The van der Waals surface area contributed by atoms with E-state index in [4.69, 9.17) is 28.3 Å². The van der Waals surface area contributed by atoms with Gasteiger partial charge >= 0.3 is 5.97 Å². The number of carbonyl (C=O) groups is 1. The van der Waals surface area contributed by atoms with E-state index < -0.39 is 16.0 Å². The lowest BCUT2D eigenvalue weighted by molar-refractivity contribution is -0.138. The summed E-state index contributed by atoms with van der Waals surface area (Å²) >= 11 is 11.6. The molecule has 1 N–H and O–H groups in total. The summed E-state index contributed by atoms with van der Waals surface area (Å²) < 4.78 is 26.3. The van der Waals surface area contributed by atoms with Crippen molar-refractivity contribution in [2.75, 3.05) is 32.7 Å². The Morgan fingerprint density at radius 3 is 2.29 bits per heavy atom. The minimum atomic E-state index is -3.64. The lowest BCUT2D eigenvalue weighted by Crippen LogP contribution is -2.49. The first-order valence-corrected chi connectivity index (χ1v) is 8.39. The molecule has 6 nitrogen and oxygen atoms in total. The second kappa shape index (κ2) is 6.50. The molecule has 0 bridgehead atoms. The van der Waals surface area contributed by atoms with Gasteiger partial charge in [0.15, 0.2) is 0 Å². The maximum Gasteiger partial charge on any atom is 0.317 e. The standard InChI is InChI=1S/C12H14Cl2N2O4S/c13-10-2-1-9(7-11(10)14)21(19,20)16-5-3-15(4-6-16)8-12(17)18/h1-2,7H,3-6,8H2,(H,17,18). The van der Waals surface area contributed by atoms with Crippen LogP contribution in [0, 0.1) is 0 Å². The zero-order valence-electron chi connectivity index (χ0n) is 11.0. The molecule has 1 aromatic rings. The number of hydrogen-bond donors (Lipinski definition) is 1. The van der Waals surface area contributed by atoms with E-state index in [2.05, 4.69) is 0 Å². The van der Waals surface area contributed by atoms with Crippen molar-refractivity contribution in [1.82, 2.24) is 9.21 Å². The first kappa shape index (κ1) is 16.5. The predicted molar refractivity (Wildman–Crippen MR) is 79.3 cm³/mol. The Bertz CT molecular complexity index is 643. The van der Waals surface area contributed by atoms with E-state index >= 15 is 0 Å². The molecule has 1 heterocycles. The van der Waals surface area contributed by atoms with Gasteiger partial charge in [-0.15, -0.1) is 0 Å². The summed E-state index contributed by atoms with van der Waals surface area (Å²) in [7, 11) is -3.64. The lowest BCUT2D eigenvalue weighted by atomic mass is 10.3. The highest BCUT2D eigenvalue weighted by molar-refractivity contribution is 7.89. The molecule has 0 amide bonds. The van der Waals surface area contributed by atoms with Crippen LogP contribution in [0.4, 0.5) is 0 Å². The lowest BCUT2D eigenvalue weighted by Gasteiger charge is -2.33. The van der Waals surface area contributed by atoms with Gasteiger partial charge in [0.1, 0.15) is 0 Å². The largest absolute Gasteiger partial charge is 0.480 e. The smallest absolute Gasteiger partial charge is 0.317 e. The Labute approximate surface area is 132 Å². The molecule has 0 unspecified atom stereocenters. The van der Waals surface area contributed by atoms with Gasteiger partial charge in [0.05, 0.1) is 21.5 Å². The van der Waals surface area contributed by atoms with Gasteiger partial charge in [0, 0.05) is 26.2 Å². The normalized spacial score (nSPS) is 17.8. The number of hydrogen-bond acceptors (Lipinski definition) is 4. The van der Waals surface area contributed by atoms with E-state index in [9.17, 15) is 13.2 Å². The number of rotatable bonds is 4. The molecule has 0 saturated carbocycles. The highest BCUT2D eigenvalue weighted by Crippen LogP contribution is 2.26. The van der Waals surface area contributed by atoms with Gasteiger partial charge in [-0.2, -0.15) is 4.31 Å². The van der Waals surface area contributed by atoms with Crippen LogP contribution >= 0.6 is 23.2 Å². The highest BCUT2D eigenvalue weighted by Gasteiger charge is 2.29. The second-order valence-corrected chi connectivity index (χ2v) is 7.40. The van der Waals surface area contributed by atoms with Crippen LogP contribution in [0.5, 0.6) is 0 Å². The number of aliphatic carboxylic acids is 1. The van der Waals surface area contributed by atoms with Gasteiger partial charge in [0.2, 0.25) is 10.0 Å². The number of carboxylic acid groups (broad SMARTS) is 1. The Morgan fingerprint density at radius 2 is 1.76 bits per heavy atom. The van der Waals surface area contributed by atoms with Crippen LogP contribution in [-0.2, 0) is 14.8 Å². The first-order valence-electron chi connectivity index (χ1n) is 6.20. The van der Waals surface area contributed by atoms with Crippen molar-refractivity contribution >= 4 is 39.2 Å². The summed E-state index contributed by atoms with van der Waals surface area (Å²) in [5, 5.41) is 9.20. The molecule has 1 aliphatic heterocycles. The molecular weight excluding hydrogens is 339 g/mol. The van der Waals surface area contributed by atoms with Crippen molar-refractivity contribution in [2.24, 2.45) is 0 Å². The van der Waals surface area contributed by atoms with E-state index in [1.165, 1.54) is 22.5 Å². The van der Waals surface area contributed by atoms with Crippen molar-refractivity contribution in [2.45, 2.75) is 4.90 Å². The maximum absolute atomic E-state index is 12.5. The molecule has 1 fully saturated rings. The van der Waals surface area contributed by atoms with Gasteiger partial charge in [-0.3, -0.25) is 9.69 Å². The number of piperazine rings is 1. The molecule has 0 atom stereocenters. The number of benzene rings is 1. The quantitative estimate of drug-likeness (QED) is 0.885. The average molecular weight is 353 g/mol. The van der Waals surface area contributed by atoms with Crippen LogP contribution < -0.4 is 0 Å². The third-order valence-corrected chi connectivity index (χ3v) is 5.85. The van der Waals surface area contributed by atoms with Crippen molar-refractivity contribution in [3.05, 3.63) is 28.2 Å². The van der Waals surface area contributed by atoms with Gasteiger partial charge < -0.3 is 5.11 Å². The SMILES string of the molecule is O=C(O)CN1CCN(S(=O)(=O)c2ccc(Cl)c(Cl)c2)CC1. The Hall–Kier alpha value is -0.860. The molecule has 9 heteroatoms. The summed E-state index contributed by atoms with van der Waals surface area (Å²) in [5.74, 6) is -0.921. The summed E-state index contributed by atoms with van der Waals surface area (Å²) in [6.45, 7) is 1.17. The van der Waals surface area contributed by atoms with Gasteiger partial charge in [0.25, 0.3) is 0 Å². The number of carboxylic acids is 1. The maximum atomic E-state index is 12.5. The van der Waals surface area contributed by atoms with Crippen molar-refractivity contribution in [3.8, 4) is 0 Å². The van der Waals surface area contributed by atoms with E-state index in [0.29, 0.717) is 18.1 Å². The van der Waals surface area contributed by atoms with Gasteiger partial charge in [-0.1, -0.05) is 23.2 Å². The third-order valence-electron chi connectivity index (χ3n) is 3.22. The number of nitrogens with zero attached hydrogens (tertiary/aromatic N) is 2. The van der Waals surface area contributed by atoms with Gasteiger partial charge in [-0.25, -0.2) is 8.42 Å². The van der Waals surface area contributed by atoms with Crippen LogP contribution in [0.15, 0.2) is 23.1 Å². The molecule has 1 aromatic carbocycles. The van der Waals surface area contributed by atoms with Gasteiger partial charge in [-0.05, 0) is 18.2 Å². The van der Waals surface area contributed by atoms with E-state index in [0.717, 1.165) is 0 Å². The van der Waals surface area contributed by atoms with Crippen molar-refractivity contribution < 1.29 is 18.3 Å². The first-order chi connectivity index (χ1) is 9.80. The zero-order chi connectivity index (χ0) is 15.6. The molecule has 1 saturated heterocycles. The summed E-state index contributed by atoms with van der Waals surface area (Å²) in [4.78, 5) is 12.4. The highest BCUT2D eigenvalue weighted by atomic mass is 35.5. The second-order valence-electron chi connectivity index (χ2n) is 4.65. The van der Waals surface area contributed by atoms with E-state index in [1.807, 2.05) is 0 Å². The molecule has 2 rings (SSSR count). The monoisotopic (exact) mass is 352 g/mol. The summed E-state index contributed by atoms with van der Waals surface area (Å²) in [6.07, 6.45) is 0. The fourth-order valence-corrected chi connectivity index (χ4v) is 3.92. The van der Waals surface area contributed by atoms with Crippen LogP contribution in [-0.4, -0.2) is 61.4 Å². The molecule has 0 spiro atoms. The Balaban J connectivity index is 2.11. The van der Waals surface area contributed by atoms with Crippen LogP contribution in [0.2, 0.25) is 10.0 Å². The topological polar surface area (TPSA) is 77.9 Å². The van der Waals surface area contributed by atoms with E-state index in [-0.39, 0.29) is 29.6 Å². The van der Waals surface area contributed by atoms with Crippen LogP contribution in [0.25, 0.3) is 0 Å². The minimum Gasteiger partial charge on any atom is -0.480 e. The molecule has 0 radical (unpaired) electrons. The van der Waals surface area contributed by atoms with Crippen LogP contribution in [0.3, 0.4) is 0 Å². The molecule has 116 valence electrons. The Morgan fingerprint density at radius 1 is 1.14 bits per heavy atom. The number of halogens is 2.